The number of carbonyl (C=O) groups excluding carboxylic acids is 1. The van der Waals surface area contributed by atoms with Gasteiger partial charge in [-0.25, -0.2) is 4.68 Å². The maximum atomic E-state index is 12.7. The Morgan fingerprint density at radius 1 is 1.19 bits per heavy atom. The molecule has 4 rings (SSSR count). The molecule has 3 aromatic rings. The Bertz CT molecular complexity index is 1070. The number of nitrogens with one attached hydrogen (secondary N) is 1. The van der Waals surface area contributed by atoms with E-state index in [2.05, 4.69) is 20.6 Å². The zero-order chi connectivity index (χ0) is 22.3. The highest BCUT2D eigenvalue weighted by molar-refractivity contribution is 5.94. The zero-order valence-electron chi connectivity index (χ0n) is 18.0. The van der Waals surface area contributed by atoms with E-state index in [4.69, 9.17) is 4.74 Å². The topological polar surface area (TPSA) is 104 Å². The van der Waals surface area contributed by atoms with Crippen molar-refractivity contribution < 1.29 is 14.6 Å². The van der Waals surface area contributed by atoms with Crippen LogP contribution >= 0.6 is 0 Å². The minimum absolute atomic E-state index is 0.217. The summed E-state index contributed by atoms with van der Waals surface area (Å²) < 4.78 is 7.47. The van der Waals surface area contributed by atoms with Crippen LogP contribution in [0.1, 0.15) is 47.1 Å². The van der Waals surface area contributed by atoms with Crippen LogP contribution in [0, 0.1) is 0 Å². The summed E-state index contributed by atoms with van der Waals surface area (Å²) >= 11 is 0. The van der Waals surface area contributed by atoms with E-state index in [1.807, 2.05) is 37.3 Å². The quantitative estimate of drug-likeness (QED) is 0.300. The number of nitrogens with zero attached hydrogens (tertiary/aromatic N) is 4. The molecule has 1 aliphatic rings. The first kappa shape index (κ1) is 21.7. The van der Waals surface area contributed by atoms with Crippen molar-refractivity contribution in [1.82, 2.24) is 20.3 Å². The van der Waals surface area contributed by atoms with Crippen LogP contribution in [0.15, 0.2) is 59.6 Å². The molecule has 0 saturated heterocycles. The smallest absolute Gasteiger partial charge is 0.273 e. The lowest BCUT2D eigenvalue weighted by atomic mass is 10.2. The van der Waals surface area contributed by atoms with Gasteiger partial charge in [-0.15, -0.1) is 5.10 Å². The van der Waals surface area contributed by atoms with Gasteiger partial charge in [-0.3, -0.25) is 4.79 Å². The fraction of sp³-hybridized carbons (Fsp3) is 0.333. The normalized spacial score (nSPS) is 13.8. The van der Waals surface area contributed by atoms with Crippen LogP contribution < -0.4 is 10.4 Å². The van der Waals surface area contributed by atoms with E-state index in [1.165, 1.54) is 0 Å². The SMILES string of the molecule is CCN=C([O-])c1ccc(-n2nnc(C(=O)NC3CC3)c2CCOCc2ccccc2)cc1. The third-order valence-corrected chi connectivity index (χ3v) is 5.15. The van der Waals surface area contributed by atoms with Crippen molar-refractivity contribution in [3.8, 4) is 5.69 Å². The lowest BCUT2D eigenvalue weighted by Gasteiger charge is -2.12. The standard InChI is InChI=1S/C24H27N5O3/c1-2-25-23(30)18-8-12-20(13-9-18)29-21(14-15-32-16-17-6-4-3-5-7-17)22(27-28-29)24(31)26-19-10-11-19/h3-9,12-13,19H,2,10-11,14-16H2,1H3,(H,25,30)(H,26,31)/p-1. The molecule has 0 spiro atoms. The second-order valence-corrected chi connectivity index (χ2v) is 7.66. The Morgan fingerprint density at radius 2 is 1.94 bits per heavy atom. The molecule has 2 aromatic carbocycles. The van der Waals surface area contributed by atoms with Gasteiger partial charge >= 0.3 is 0 Å². The number of hydrogen-bond donors (Lipinski definition) is 1. The molecule has 0 bridgehead atoms. The molecular formula is C24H26N5O3-. The lowest BCUT2D eigenvalue weighted by Crippen LogP contribution is -2.27. The van der Waals surface area contributed by atoms with Gasteiger partial charge in [0.1, 0.15) is 0 Å². The highest BCUT2D eigenvalue weighted by atomic mass is 16.5. The summed E-state index contributed by atoms with van der Waals surface area (Å²) in [5.74, 6) is -0.470. The van der Waals surface area contributed by atoms with E-state index in [9.17, 15) is 9.90 Å². The number of aliphatic imine (C=N–C) groups is 1. The van der Waals surface area contributed by atoms with Crippen molar-refractivity contribution in [3.63, 3.8) is 0 Å². The highest BCUT2D eigenvalue weighted by Crippen LogP contribution is 2.21. The number of rotatable bonds is 10. The van der Waals surface area contributed by atoms with Gasteiger partial charge in [0, 0.05) is 19.0 Å². The summed E-state index contributed by atoms with van der Waals surface area (Å²) in [7, 11) is 0. The molecule has 1 heterocycles. The molecule has 1 N–H and O–H groups in total. The summed E-state index contributed by atoms with van der Waals surface area (Å²) in [6.07, 6.45) is 2.46. The predicted octanol–water partition coefficient (Wildman–Crippen LogP) is 2.05. The fourth-order valence-corrected chi connectivity index (χ4v) is 3.30. The first-order chi connectivity index (χ1) is 15.7. The van der Waals surface area contributed by atoms with Crippen LogP contribution in [0.4, 0.5) is 0 Å². The fourth-order valence-electron chi connectivity index (χ4n) is 3.30. The average Bonchev–Trinajstić information content (AvgIpc) is 3.53. The van der Waals surface area contributed by atoms with Gasteiger partial charge in [0.25, 0.3) is 5.91 Å². The van der Waals surface area contributed by atoms with Crippen molar-refractivity contribution in [2.24, 2.45) is 4.99 Å². The first-order valence-electron chi connectivity index (χ1n) is 10.8. The second-order valence-electron chi connectivity index (χ2n) is 7.66. The maximum Gasteiger partial charge on any atom is 0.273 e. The molecule has 1 aromatic heterocycles. The average molecular weight is 433 g/mol. The van der Waals surface area contributed by atoms with E-state index < -0.39 is 0 Å². The molecule has 8 nitrogen and oxygen atoms in total. The number of ether oxygens (including phenoxy) is 1. The lowest BCUT2D eigenvalue weighted by molar-refractivity contribution is -0.213. The Kier molecular flexibility index (Phi) is 6.91. The Hall–Kier alpha value is -3.52. The van der Waals surface area contributed by atoms with Crippen molar-refractivity contribution >= 4 is 11.8 Å². The second kappa shape index (κ2) is 10.2. The van der Waals surface area contributed by atoms with Gasteiger partial charge < -0.3 is 20.2 Å². The van der Waals surface area contributed by atoms with E-state index in [0.717, 1.165) is 18.4 Å². The van der Waals surface area contributed by atoms with Crippen molar-refractivity contribution in [3.05, 3.63) is 77.1 Å². The van der Waals surface area contributed by atoms with Crippen molar-refractivity contribution in [2.45, 2.75) is 38.8 Å². The minimum atomic E-state index is -0.253. The predicted molar refractivity (Wildman–Crippen MR) is 119 cm³/mol. The van der Waals surface area contributed by atoms with Crippen molar-refractivity contribution in [1.29, 1.82) is 0 Å². The molecule has 1 fully saturated rings. The number of amides is 1. The van der Waals surface area contributed by atoms with E-state index in [0.29, 0.717) is 48.8 Å². The molecule has 0 unspecified atom stereocenters. The highest BCUT2D eigenvalue weighted by Gasteiger charge is 2.27. The third kappa shape index (κ3) is 5.39. The Morgan fingerprint density at radius 3 is 2.62 bits per heavy atom. The van der Waals surface area contributed by atoms with Gasteiger partial charge in [0.15, 0.2) is 5.69 Å². The monoisotopic (exact) mass is 432 g/mol. The largest absolute Gasteiger partial charge is 0.858 e. The van der Waals surface area contributed by atoms with Crippen LogP contribution in [-0.4, -0.2) is 46.0 Å². The molecule has 0 radical (unpaired) electrons. The number of carbonyl (C=O) groups is 1. The zero-order valence-corrected chi connectivity index (χ0v) is 18.0. The van der Waals surface area contributed by atoms with Crippen LogP contribution in [0.3, 0.4) is 0 Å². The van der Waals surface area contributed by atoms with Crippen LogP contribution in [0.2, 0.25) is 0 Å². The first-order valence-corrected chi connectivity index (χ1v) is 10.8. The van der Waals surface area contributed by atoms with Gasteiger partial charge in [-0.1, -0.05) is 47.7 Å². The van der Waals surface area contributed by atoms with E-state index >= 15 is 0 Å². The van der Waals surface area contributed by atoms with E-state index in [1.54, 1.807) is 28.9 Å². The van der Waals surface area contributed by atoms with Gasteiger partial charge in [0.2, 0.25) is 0 Å². The summed E-state index contributed by atoms with van der Waals surface area (Å²) in [6, 6.07) is 17.1. The van der Waals surface area contributed by atoms with Crippen molar-refractivity contribution in [2.75, 3.05) is 13.2 Å². The van der Waals surface area contributed by atoms with Crippen LogP contribution in [0.25, 0.3) is 5.69 Å². The van der Waals surface area contributed by atoms with Gasteiger partial charge in [-0.2, -0.15) is 0 Å². The van der Waals surface area contributed by atoms with Gasteiger partial charge in [0.05, 0.1) is 24.6 Å². The third-order valence-electron chi connectivity index (χ3n) is 5.15. The molecule has 1 aliphatic carbocycles. The summed E-state index contributed by atoms with van der Waals surface area (Å²) in [6.45, 7) is 3.17. The maximum absolute atomic E-state index is 12.7. The summed E-state index contributed by atoms with van der Waals surface area (Å²) in [5, 5.41) is 23.3. The molecule has 1 amide bonds. The molecule has 32 heavy (non-hydrogen) atoms. The number of benzene rings is 2. The number of aromatic nitrogens is 3. The molecule has 8 heteroatoms. The molecule has 0 aliphatic heterocycles. The summed E-state index contributed by atoms with van der Waals surface area (Å²) in [4.78, 5) is 16.6. The molecule has 1 saturated carbocycles. The van der Waals surface area contributed by atoms with Crippen LogP contribution in [-0.2, 0) is 17.8 Å². The van der Waals surface area contributed by atoms with Crippen LogP contribution in [0.5, 0.6) is 0 Å². The minimum Gasteiger partial charge on any atom is -0.858 e. The number of hydrogen-bond acceptors (Lipinski definition) is 6. The summed E-state index contributed by atoms with van der Waals surface area (Å²) in [5.41, 5.74) is 3.29. The van der Waals surface area contributed by atoms with E-state index in [-0.39, 0.29) is 17.8 Å². The van der Waals surface area contributed by atoms with Gasteiger partial charge in [-0.05, 0) is 48.9 Å². The molecule has 166 valence electrons. The molecule has 0 atom stereocenters. The Labute approximate surface area is 186 Å². The molecular weight excluding hydrogens is 406 g/mol. The Balaban J connectivity index is 1.52.